The molecule has 6 nitrogen and oxygen atoms in total. The molecule has 1 unspecified atom stereocenters. The topological polar surface area (TPSA) is 71.0 Å². The summed E-state index contributed by atoms with van der Waals surface area (Å²) in [5, 5.41) is 6.91. The van der Waals surface area contributed by atoms with E-state index < -0.39 is 0 Å². The quantitative estimate of drug-likeness (QED) is 0.742. The molecule has 1 aliphatic heterocycles. The lowest BCUT2D eigenvalue weighted by atomic mass is 9.93. The molecule has 29 heavy (non-hydrogen) atoms. The minimum atomic E-state index is -0.222. The highest BCUT2D eigenvalue weighted by atomic mass is 16.2. The normalized spacial score (nSPS) is 16.0. The fourth-order valence-electron chi connectivity index (χ4n) is 4.04. The van der Waals surface area contributed by atoms with Crippen LogP contribution in [0, 0.1) is 6.92 Å². The van der Waals surface area contributed by atoms with Crippen molar-refractivity contribution in [3.63, 3.8) is 0 Å². The largest absolute Gasteiger partial charge is 0.347 e. The smallest absolute Gasteiger partial charge is 0.342 e. The fraction of sp³-hybridized carbons (Fsp3) is 0.348. The number of carbonyl (C=O) groups excluding carboxylic acids is 1. The number of nitrogens with zero attached hydrogens (tertiary/aromatic N) is 3. The van der Waals surface area contributed by atoms with Gasteiger partial charge in [-0.05, 0) is 44.4 Å². The Morgan fingerprint density at radius 3 is 2.38 bits per heavy atom. The number of benzene rings is 2. The standard InChI is InChI=1S/C23H26N4O2/c1-16-8-10-20(11-9-16)27-21(24-25-23(27)29)19-12-14-26(15-13-19)22(28)17(2)18-6-4-3-5-7-18/h3-11,17,19H,12-15H2,1-2H3,(H,25,29). The zero-order valence-corrected chi connectivity index (χ0v) is 16.8. The van der Waals surface area contributed by atoms with E-state index in [-0.39, 0.29) is 23.4 Å². The predicted molar refractivity (Wildman–Crippen MR) is 112 cm³/mol. The zero-order chi connectivity index (χ0) is 20.4. The molecule has 0 radical (unpaired) electrons. The Labute approximate surface area is 170 Å². The fourth-order valence-corrected chi connectivity index (χ4v) is 4.04. The van der Waals surface area contributed by atoms with Crippen LogP contribution < -0.4 is 5.69 Å². The molecule has 0 aliphatic carbocycles. The Hall–Kier alpha value is -3.15. The third-order valence-electron chi connectivity index (χ3n) is 5.83. The molecule has 0 saturated carbocycles. The monoisotopic (exact) mass is 390 g/mol. The molecule has 1 atom stereocenters. The molecule has 1 aromatic heterocycles. The molecule has 6 heteroatoms. The molecular weight excluding hydrogens is 364 g/mol. The number of nitrogens with one attached hydrogen (secondary N) is 1. The van der Waals surface area contributed by atoms with Crippen molar-refractivity contribution in [1.29, 1.82) is 0 Å². The van der Waals surface area contributed by atoms with Crippen LogP contribution in [0.3, 0.4) is 0 Å². The highest BCUT2D eigenvalue weighted by Gasteiger charge is 2.30. The average Bonchev–Trinajstić information content (AvgIpc) is 3.15. The van der Waals surface area contributed by atoms with Crippen LogP contribution in [0.2, 0.25) is 0 Å². The van der Waals surface area contributed by atoms with Gasteiger partial charge in [-0.3, -0.25) is 4.79 Å². The number of amides is 1. The molecule has 0 spiro atoms. The molecule has 0 bridgehead atoms. The summed E-state index contributed by atoms with van der Waals surface area (Å²) in [7, 11) is 0. The van der Waals surface area contributed by atoms with Crippen LogP contribution >= 0.6 is 0 Å². The summed E-state index contributed by atoms with van der Waals surface area (Å²) in [4.78, 5) is 27.2. The molecule has 1 saturated heterocycles. The number of likely N-dealkylation sites (tertiary alicyclic amines) is 1. The van der Waals surface area contributed by atoms with Gasteiger partial charge in [-0.1, -0.05) is 48.0 Å². The van der Waals surface area contributed by atoms with Crippen molar-refractivity contribution in [2.45, 2.75) is 38.5 Å². The number of H-pyrrole nitrogens is 1. The van der Waals surface area contributed by atoms with Gasteiger partial charge >= 0.3 is 5.69 Å². The first-order chi connectivity index (χ1) is 14.0. The first kappa shape index (κ1) is 19.2. The summed E-state index contributed by atoms with van der Waals surface area (Å²) in [6, 6.07) is 17.8. The van der Waals surface area contributed by atoms with Crippen molar-refractivity contribution >= 4 is 5.91 Å². The molecule has 1 N–H and O–H groups in total. The van der Waals surface area contributed by atoms with Gasteiger partial charge in [0.1, 0.15) is 5.82 Å². The number of hydrogen-bond donors (Lipinski definition) is 1. The van der Waals surface area contributed by atoms with Crippen LogP contribution in [0.25, 0.3) is 5.69 Å². The van der Waals surface area contributed by atoms with Crippen LogP contribution in [0.1, 0.15) is 48.6 Å². The Morgan fingerprint density at radius 1 is 1.07 bits per heavy atom. The van der Waals surface area contributed by atoms with Crippen molar-refractivity contribution in [2.24, 2.45) is 0 Å². The maximum absolute atomic E-state index is 12.9. The maximum atomic E-state index is 12.9. The second kappa shape index (κ2) is 8.07. The van der Waals surface area contributed by atoms with Gasteiger partial charge in [0, 0.05) is 19.0 Å². The lowest BCUT2D eigenvalue weighted by Gasteiger charge is -2.33. The van der Waals surface area contributed by atoms with E-state index in [0.717, 1.165) is 35.5 Å². The van der Waals surface area contributed by atoms with Crippen LogP contribution in [-0.2, 0) is 4.79 Å². The first-order valence-corrected chi connectivity index (χ1v) is 10.1. The second-order valence-corrected chi connectivity index (χ2v) is 7.79. The Balaban J connectivity index is 1.47. The summed E-state index contributed by atoms with van der Waals surface area (Å²) >= 11 is 0. The minimum absolute atomic E-state index is 0.145. The molecule has 3 aromatic rings. The predicted octanol–water partition coefficient (Wildman–Crippen LogP) is 3.38. The Morgan fingerprint density at radius 2 is 1.72 bits per heavy atom. The van der Waals surface area contributed by atoms with E-state index >= 15 is 0 Å². The van der Waals surface area contributed by atoms with E-state index in [9.17, 15) is 9.59 Å². The molecule has 1 fully saturated rings. The zero-order valence-electron chi connectivity index (χ0n) is 16.8. The molecule has 1 amide bonds. The summed E-state index contributed by atoms with van der Waals surface area (Å²) in [5.74, 6) is 0.907. The van der Waals surface area contributed by atoms with Crippen molar-refractivity contribution in [2.75, 3.05) is 13.1 Å². The highest BCUT2D eigenvalue weighted by Crippen LogP contribution is 2.29. The van der Waals surface area contributed by atoms with E-state index in [2.05, 4.69) is 10.2 Å². The van der Waals surface area contributed by atoms with E-state index in [4.69, 9.17) is 0 Å². The summed E-state index contributed by atoms with van der Waals surface area (Å²) < 4.78 is 1.66. The van der Waals surface area contributed by atoms with Crippen molar-refractivity contribution in [3.05, 3.63) is 82.0 Å². The third-order valence-corrected chi connectivity index (χ3v) is 5.83. The number of rotatable bonds is 4. The number of carbonyl (C=O) groups is 1. The van der Waals surface area contributed by atoms with Gasteiger partial charge in [0.25, 0.3) is 0 Å². The van der Waals surface area contributed by atoms with Crippen molar-refractivity contribution in [3.8, 4) is 5.69 Å². The highest BCUT2D eigenvalue weighted by molar-refractivity contribution is 5.83. The van der Waals surface area contributed by atoms with Crippen molar-refractivity contribution in [1.82, 2.24) is 19.7 Å². The van der Waals surface area contributed by atoms with E-state index in [0.29, 0.717) is 13.1 Å². The SMILES string of the molecule is Cc1ccc(-n2c(C3CCN(C(=O)C(C)c4ccccc4)CC3)n[nH]c2=O)cc1. The average molecular weight is 390 g/mol. The van der Waals surface area contributed by atoms with Crippen molar-refractivity contribution < 1.29 is 4.79 Å². The van der Waals surface area contributed by atoms with Gasteiger partial charge in [-0.25, -0.2) is 14.5 Å². The molecule has 2 aromatic carbocycles. The van der Waals surface area contributed by atoms with Gasteiger partial charge in [-0.2, -0.15) is 5.10 Å². The number of piperidine rings is 1. The van der Waals surface area contributed by atoms with Gasteiger partial charge in [0.05, 0.1) is 11.6 Å². The maximum Gasteiger partial charge on any atom is 0.347 e. The van der Waals surface area contributed by atoms with Crippen LogP contribution in [-0.4, -0.2) is 38.7 Å². The number of hydrogen-bond acceptors (Lipinski definition) is 3. The summed E-state index contributed by atoms with van der Waals surface area (Å²) in [6.07, 6.45) is 1.59. The molecule has 4 rings (SSSR count). The molecule has 1 aliphatic rings. The Kier molecular flexibility index (Phi) is 5.34. The second-order valence-electron chi connectivity index (χ2n) is 7.79. The number of aryl methyl sites for hydroxylation is 1. The van der Waals surface area contributed by atoms with Gasteiger partial charge < -0.3 is 4.90 Å². The number of aromatic nitrogens is 3. The number of aromatic amines is 1. The van der Waals surface area contributed by atoms with E-state index in [1.54, 1.807) is 4.57 Å². The van der Waals surface area contributed by atoms with Gasteiger partial charge in [-0.15, -0.1) is 0 Å². The van der Waals surface area contributed by atoms with E-state index in [1.165, 1.54) is 0 Å². The van der Waals surface area contributed by atoms with Crippen LogP contribution in [0.5, 0.6) is 0 Å². The lowest BCUT2D eigenvalue weighted by molar-refractivity contribution is -0.133. The van der Waals surface area contributed by atoms with Gasteiger partial charge in [0.2, 0.25) is 5.91 Å². The molecule has 2 heterocycles. The molecular formula is C23H26N4O2. The van der Waals surface area contributed by atoms with Gasteiger partial charge in [0.15, 0.2) is 0 Å². The lowest BCUT2D eigenvalue weighted by Crippen LogP contribution is -2.40. The first-order valence-electron chi connectivity index (χ1n) is 10.1. The van der Waals surface area contributed by atoms with Crippen LogP contribution in [0.4, 0.5) is 0 Å². The summed E-state index contributed by atoms with van der Waals surface area (Å²) in [5.41, 5.74) is 2.78. The van der Waals surface area contributed by atoms with Crippen LogP contribution in [0.15, 0.2) is 59.4 Å². The Bertz CT molecular complexity index is 1030. The van der Waals surface area contributed by atoms with E-state index in [1.807, 2.05) is 73.3 Å². The molecule has 150 valence electrons. The third kappa shape index (κ3) is 3.88. The minimum Gasteiger partial charge on any atom is -0.342 e. The summed E-state index contributed by atoms with van der Waals surface area (Å²) in [6.45, 7) is 5.34.